The van der Waals surface area contributed by atoms with E-state index in [-0.39, 0.29) is 24.0 Å². The first-order valence-corrected chi connectivity index (χ1v) is 8.18. The van der Waals surface area contributed by atoms with E-state index in [1.54, 1.807) is 4.90 Å². The Balaban J connectivity index is 1.90. The molecule has 0 bridgehead atoms. The smallest absolute Gasteiger partial charge is 0.236 e. The fraction of sp³-hybridized carbons (Fsp3) is 0.588. The van der Waals surface area contributed by atoms with Crippen LogP contribution in [0, 0.1) is 5.92 Å². The maximum atomic E-state index is 12.5. The van der Waals surface area contributed by atoms with Crippen LogP contribution in [-0.4, -0.2) is 53.6 Å². The summed E-state index contributed by atoms with van der Waals surface area (Å²) < 4.78 is 0. The van der Waals surface area contributed by atoms with Gasteiger partial charge in [-0.3, -0.25) is 9.69 Å². The van der Waals surface area contributed by atoms with Gasteiger partial charge in [-0.05, 0) is 50.4 Å². The van der Waals surface area contributed by atoms with E-state index < -0.39 is 0 Å². The number of halogens is 1. The Hall–Kier alpha value is -1.10. The van der Waals surface area contributed by atoms with Crippen LogP contribution >= 0.6 is 11.6 Å². The molecule has 122 valence electrons. The lowest BCUT2D eigenvalue weighted by Gasteiger charge is -2.27. The van der Waals surface area contributed by atoms with Crippen LogP contribution in [-0.2, 0) is 4.79 Å². The average molecular weight is 325 g/mol. The summed E-state index contributed by atoms with van der Waals surface area (Å²) in [5.41, 5.74) is 1.07. The molecular weight excluding hydrogens is 300 g/mol. The molecular formula is C17H25ClN2O2. The van der Waals surface area contributed by atoms with Gasteiger partial charge in [0.25, 0.3) is 0 Å². The highest BCUT2D eigenvalue weighted by Gasteiger charge is 2.28. The van der Waals surface area contributed by atoms with Crippen molar-refractivity contribution in [1.29, 1.82) is 0 Å². The molecule has 1 fully saturated rings. The number of aliphatic hydroxyl groups excluding tert-OH is 1. The van der Waals surface area contributed by atoms with Gasteiger partial charge in [-0.1, -0.05) is 23.7 Å². The quantitative estimate of drug-likeness (QED) is 0.905. The second kappa shape index (κ2) is 7.44. The Morgan fingerprint density at radius 2 is 2.05 bits per heavy atom. The van der Waals surface area contributed by atoms with Gasteiger partial charge in [0.15, 0.2) is 0 Å². The van der Waals surface area contributed by atoms with Crippen molar-refractivity contribution < 1.29 is 9.90 Å². The van der Waals surface area contributed by atoms with Gasteiger partial charge in [-0.25, -0.2) is 0 Å². The van der Waals surface area contributed by atoms with Crippen molar-refractivity contribution in [2.45, 2.75) is 32.4 Å². The Bertz CT molecular complexity index is 504. The van der Waals surface area contributed by atoms with Gasteiger partial charge in [-0.2, -0.15) is 0 Å². The maximum absolute atomic E-state index is 12.5. The van der Waals surface area contributed by atoms with E-state index in [0.29, 0.717) is 11.6 Å². The molecule has 22 heavy (non-hydrogen) atoms. The number of likely N-dealkylation sites (tertiary alicyclic amines) is 1. The van der Waals surface area contributed by atoms with E-state index in [1.807, 2.05) is 45.2 Å². The van der Waals surface area contributed by atoms with E-state index in [0.717, 1.165) is 25.1 Å². The summed E-state index contributed by atoms with van der Waals surface area (Å²) in [7, 11) is 1.84. The van der Waals surface area contributed by atoms with Crippen molar-refractivity contribution >= 4 is 17.5 Å². The number of rotatable bonds is 5. The average Bonchev–Trinajstić information content (AvgIpc) is 2.95. The lowest BCUT2D eigenvalue weighted by Crippen LogP contribution is -2.39. The first-order chi connectivity index (χ1) is 10.4. The molecule has 1 heterocycles. The number of carbonyl (C=O) groups excluding carboxylic acids is 1. The van der Waals surface area contributed by atoms with Gasteiger partial charge in [0, 0.05) is 18.6 Å². The van der Waals surface area contributed by atoms with Gasteiger partial charge in [-0.15, -0.1) is 0 Å². The van der Waals surface area contributed by atoms with Crippen molar-refractivity contribution in [2.24, 2.45) is 5.92 Å². The SMILES string of the molecule is CC(O)C1CCN(CC(=O)N(C)C(C)c2ccc(Cl)cc2)C1. The number of benzene rings is 1. The van der Waals surface area contributed by atoms with E-state index in [4.69, 9.17) is 11.6 Å². The minimum Gasteiger partial charge on any atom is -0.393 e. The predicted octanol–water partition coefficient (Wildman–Crippen LogP) is 2.56. The molecule has 1 saturated heterocycles. The molecule has 1 amide bonds. The summed E-state index contributed by atoms with van der Waals surface area (Å²) in [5, 5.41) is 10.3. The number of aliphatic hydroxyl groups is 1. The van der Waals surface area contributed by atoms with Crippen LogP contribution in [0.2, 0.25) is 5.02 Å². The molecule has 1 aromatic carbocycles. The number of likely N-dealkylation sites (N-methyl/N-ethyl adjacent to an activating group) is 1. The largest absolute Gasteiger partial charge is 0.393 e. The Morgan fingerprint density at radius 3 is 2.59 bits per heavy atom. The highest BCUT2D eigenvalue weighted by atomic mass is 35.5. The first kappa shape index (κ1) is 17.3. The van der Waals surface area contributed by atoms with Crippen molar-refractivity contribution in [3.05, 3.63) is 34.9 Å². The second-order valence-electron chi connectivity index (χ2n) is 6.26. The monoisotopic (exact) mass is 324 g/mol. The second-order valence-corrected chi connectivity index (χ2v) is 6.69. The number of hydrogen-bond acceptors (Lipinski definition) is 3. The summed E-state index contributed by atoms with van der Waals surface area (Å²) >= 11 is 5.90. The van der Waals surface area contributed by atoms with Crippen LogP contribution in [0.15, 0.2) is 24.3 Å². The lowest BCUT2D eigenvalue weighted by atomic mass is 10.0. The molecule has 0 aliphatic carbocycles. The van der Waals surface area contributed by atoms with Crippen molar-refractivity contribution in [3.8, 4) is 0 Å². The topological polar surface area (TPSA) is 43.8 Å². The third-order valence-electron chi connectivity index (χ3n) is 4.68. The molecule has 1 aliphatic rings. The van der Waals surface area contributed by atoms with Crippen LogP contribution in [0.25, 0.3) is 0 Å². The zero-order valence-corrected chi connectivity index (χ0v) is 14.3. The third kappa shape index (κ3) is 4.22. The van der Waals surface area contributed by atoms with Crippen molar-refractivity contribution in [1.82, 2.24) is 9.80 Å². The van der Waals surface area contributed by atoms with Crippen LogP contribution in [0.3, 0.4) is 0 Å². The van der Waals surface area contributed by atoms with E-state index >= 15 is 0 Å². The molecule has 5 heteroatoms. The summed E-state index contributed by atoms with van der Waals surface area (Å²) in [5.74, 6) is 0.389. The highest BCUT2D eigenvalue weighted by molar-refractivity contribution is 6.30. The number of nitrogens with zero attached hydrogens (tertiary/aromatic N) is 2. The van der Waals surface area contributed by atoms with Crippen LogP contribution in [0.4, 0.5) is 0 Å². The van der Waals surface area contributed by atoms with E-state index in [2.05, 4.69) is 4.90 Å². The summed E-state index contributed by atoms with van der Waals surface area (Å²) in [6.45, 7) is 5.93. The van der Waals surface area contributed by atoms with Crippen molar-refractivity contribution in [2.75, 3.05) is 26.7 Å². The van der Waals surface area contributed by atoms with Gasteiger partial charge in [0.05, 0.1) is 18.7 Å². The summed E-state index contributed by atoms with van der Waals surface area (Å²) in [6.07, 6.45) is 0.660. The summed E-state index contributed by atoms with van der Waals surface area (Å²) in [4.78, 5) is 16.4. The number of carbonyl (C=O) groups is 1. The fourth-order valence-electron chi connectivity index (χ4n) is 2.88. The zero-order chi connectivity index (χ0) is 16.3. The van der Waals surface area contributed by atoms with Crippen molar-refractivity contribution in [3.63, 3.8) is 0 Å². The maximum Gasteiger partial charge on any atom is 0.236 e. The minimum atomic E-state index is -0.300. The minimum absolute atomic E-state index is 0.0138. The van der Waals surface area contributed by atoms with Gasteiger partial charge < -0.3 is 10.0 Å². The molecule has 3 unspecified atom stereocenters. The van der Waals surface area contributed by atoms with E-state index in [9.17, 15) is 9.90 Å². The van der Waals surface area contributed by atoms with Gasteiger partial charge in [0.2, 0.25) is 5.91 Å². The van der Waals surface area contributed by atoms with Crippen LogP contribution in [0.1, 0.15) is 31.9 Å². The molecule has 0 saturated carbocycles. The molecule has 0 aromatic heterocycles. The molecule has 3 atom stereocenters. The summed E-state index contributed by atoms with van der Waals surface area (Å²) in [6, 6.07) is 7.62. The fourth-order valence-corrected chi connectivity index (χ4v) is 3.01. The standard InChI is InChI=1S/C17H25ClN2O2/c1-12(14-4-6-16(18)7-5-14)19(3)17(22)11-20-9-8-15(10-20)13(2)21/h4-7,12-13,15,21H,8-11H2,1-3H3. The van der Waals surface area contributed by atoms with Gasteiger partial charge >= 0.3 is 0 Å². The Kier molecular flexibility index (Phi) is 5.84. The normalized spacial score (nSPS) is 21.6. The molecule has 1 N–H and O–H groups in total. The molecule has 0 spiro atoms. The molecule has 1 aromatic rings. The number of amides is 1. The van der Waals surface area contributed by atoms with E-state index in [1.165, 1.54) is 0 Å². The lowest BCUT2D eigenvalue weighted by molar-refractivity contribution is -0.132. The zero-order valence-electron chi connectivity index (χ0n) is 13.5. The first-order valence-electron chi connectivity index (χ1n) is 7.80. The third-order valence-corrected chi connectivity index (χ3v) is 4.93. The molecule has 4 nitrogen and oxygen atoms in total. The highest BCUT2D eigenvalue weighted by Crippen LogP contribution is 2.23. The van der Waals surface area contributed by atoms with Crippen LogP contribution in [0.5, 0.6) is 0 Å². The van der Waals surface area contributed by atoms with Crippen LogP contribution < -0.4 is 0 Å². The molecule has 0 radical (unpaired) electrons. The Morgan fingerprint density at radius 1 is 1.41 bits per heavy atom. The van der Waals surface area contributed by atoms with Gasteiger partial charge in [0.1, 0.15) is 0 Å². The Labute approximate surface area is 137 Å². The predicted molar refractivity (Wildman–Crippen MR) is 88.9 cm³/mol. The molecule has 1 aliphatic heterocycles. The number of hydrogen-bond donors (Lipinski definition) is 1. The molecule has 2 rings (SSSR count).